The summed E-state index contributed by atoms with van der Waals surface area (Å²) < 4.78 is 65.1. The highest BCUT2D eigenvalue weighted by Gasteiger charge is 2.43. The third kappa shape index (κ3) is 5.62. The van der Waals surface area contributed by atoms with Crippen LogP contribution in [0.5, 0.6) is 11.8 Å². The summed E-state index contributed by atoms with van der Waals surface area (Å²) in [4.78, 5) is 32.0. The molecule has 2 saturated heterocycles. The van der Waals surface area contributed by atoms with E-state index in [-0.39, 0.29) is 42.4 Å². The van der Waals surface area contributed by atoms with E-state index in [1.165, 1.54) is 12.0 Å². The Kier molecular flexibility index (Phi) is 7.54. The largest absolute Gasteiger partial charge is 0.481 e. The number of fused-ring (bicyclic) bond motifs is 3. The van der Waals surface area contributed by atoms with Gasteiger partial charge in [-0.2, -0.15) is 13.2 Å². The minimum atomic E-state index is -4.89. The van der Waals surface area contributed by atoms with Gasteiger partial charge in [0, 0.05) is 48.1 Å². The van der Waals surface area contributed by atoms with E-state index in [4.69, 9.17) is 18.6 Å². The van der Waals surface area contributed by atoms with Crippen molar-refractivity contribution in [3.63, 3.8) is 0 Å². The maximum atomic E-state index is 14.0. The Hall–Kier alpha value is -5.44. The molecule has 0 radical (unpaired) electrons. The van der Waals surface area contributed by atoms with Crippen molar-refractivity contribution in [1.82, 2.24) is 19.9 Å². The van der Waals surface area contributed by atoms with Crippen molar-refractivity contribution in [2.75, 3.05) is 43.2 Å². The van der Waals surface area contributed by atoms with Crippen molar-refractivity contribution in [2.24, 2.45) is 0 Å². The standard InChI is InChI=1S/C32H27F3N6O6/c1-17-16-45-10-9-40(17)22-11-19(18-7-8-36-25(12-18)44-2)14-37-29(22)46-20-13-23(30(42)43)41(15-20)28-27-26(38-31(39-28)32(33,34)35)21-5-3-4-6-24(21)47-27/h3-8,11-12,14,20,23H,1,9-10,13,15-16H2,2H3,(H,42,43)/t20?,23-/m0/s1. The highest BCUT2D eigenvalue weighted by atomic mass is 19.4. The van der Waals surface area contributed by atoms with Crippen molar-refractivity contribution in [3.05, 3.63) is 73.0 Å². The minimum Gasteiger partial charge on any atom is -0.481 e. The number of carboxylic acid groups (broad SMARTS) is 1. The topological polar surface area (TPSA) is 136 Å². The number of carbonyl (C=O) groups is 1. The van der Waals surface area contributed by atoms with Gasteiger partial charge in [0.1, 0.15) is 28.9 Å². The lowest BCUT2D eigenvalue weighted by Crippen LogP contribution is -2.37. The van der Waals surface area contributed by atoms with Crippen LogP contribution in [0.25, 0.3) is 33.2 Å². The average Bonchev–Trinajstić information content (AvgIpc) is 3.66. The normalized spacial score (nSPS) is 18.7. The zero-order valence-electron chi connectivity index (χ0n) is 24.9. The van der Waals surface area contributed by atoms with Gasteiger partial charge < -0.3 is 33.5 Å². The number of nitrogens with zero attached hydrogens (tertiary/aromatic N) is 6. The summed E-state index contributed by atoms with van der Waals surface area (Å²) in [6, 6.07) is 10.7. The summed E-state index contributed by atoms with van der Waals surface area (Å²) >= 11 is 0. The second-order valence-electron chi connectivity index (χ2n) is 11.0. The Morgan fingerprint density at radius 3 is 2.72 bits per heavy atom. The van der Waals surface area contributed by atoms with E-state index in [2.05, 4.69) is 26.5 Å². The highest BCUT2D eigenvalue weighted by molar-refractivity contribution is 6.06. The molecule has 7 rings (SSSR count). The first-order valence-electron chi connectivity index (χ1n) is 14.6. The SMILES string of the molecule is C=C1COCCN1c1cc(-c2ccnc(OC)c2)cnc1OC1C[C@@H](C(=O)O)N(c2nc(C(F)(F)F)nc3c2oc2ccccc23)C1. The van der Waals surface area contributed by atoms with E-state index in [9.17, 15) is 23.1 Å². The quantitative estimate of drug-likeness (QED) is 0.245. The highest BCUT2D eigenvalue weighted by Crippen LogP contribution is 2.41. The lowest BCUT2D eigenvalue weighted by Gasteiger charge is -2.32. The molecule has 0 spiro atoms. The lowest BCUT2D eigenvalue weighted by atomic mass is 10.1. The van der Waals surface area contributed by atoms with E-state index in [0.717, 1.165) is 11.1 Å². The maximum Gasteiger partial charge on any atom is 0.451 e. The van der Waals surface area contributed by atoms with Crippen LogP contribution in [0, 0.1) is 0 Å². The maximum absolute atomic E-state index is 14.0. The minimum absolute atomic E-state index is 0.0494. The molecule has 0 saturated carbocycles. The van der Waals surface area contributed by atoms with Crippen LogP contribution in [0.4, 0.5) is 24.7 Å². The Labute approximate surface area is 265 Å². The number of anilines is 2. The molecule has 1 unspecified atom stereocenters. The molecule has 12 nitrogen and oxygen atoms in total. The fourth-order valence-corrected chi connectivity index (χ4v) is 5.86. The number of morpholine rings is 1. The molecule has 0 amide bonds. The number of pyridine rings is 2. The van der Waals surface area contributed by atoms with Crippen molar-refractivity contribution >= 4 is 39.5 Å². The van der Waals surface area contributed by atoms with Gasteiger partial charge >= 0.3 is 12.1 Å². The van der Waals surface area contributed by atoms with E-state index in [0.29, 0.717) is 41.4 Å². The van der Waals surface area contributed by atoms with Gasteiger partial charge in [0.15, 0.2) is 11.4 Å². The molecule has 2 aliphatic heterocycles. The summed E-state index contributed by atoms with van der Waals surface area (Å²) in [5.41, 5.74) is 2.93. The molecule has 2 atom stereocenters. The number of alkyl halides is 3. The van der Waals surface area contributed by atoms with E-state index < -0.39 is 30.1 Å². The molecule has 15 heteroatoms. The molecule has 4 aromatic heterocycles. The predicted molar refractivity (Wildman–Crippen MR) is 163 cm³/mol. The molecular weight excluding hydrogens is 621 g/mol. The molecule has 2 fully saturated rings. The Morgan fingerprint density at radius 2 is 1.96 bits per heavy atom. The molecule has 1 aromatic carbocycles. The number of hydrogen-bond donors (Lipinski definition) is 1. The number of benzene rings is 1. The summed E-state index contributed by atoms with van der Waals surface area (Å²) in [6.07, 6.45) is -2.54. The smallest absolute Gasteiger partial charge is 0.451 e. The van der Waals surface area contributed by atoms with E-state index in [1.807, 2.05) is 11.0 Å². The first-order chi connectivity index (χ1) is 22.6. The number of aliphatic carboxylic acids is 1. The number of halogens is 3. The molecular formula is C32H27F3N6O6. The number of ether oxygens (including phenoxy) is 3. The molecule has 2 aliphatic rings. The van der Waals surface area contributed by atoms with Crippen LogP contribution in [0.1, 0.15) is 12.2 Å². The monoisotopic (exact) mass is 648 g/mol. The molecule has 0 aliphatic carbocycles. The molecule has 1 N–H and O–H groups in total. The van der Waals surface area contributed by atoms with Gasteiger partial charge in [0.25, 0.3) is 0 Å². The van der Waals surface area contributed by atoms with Gasteiger partial charge in [-0.15, -0.1) is 0 Å². The number of carboxylic acids is 1. The van der Waals surface area contributed by atoms with Crippen LogP contribution in [0.3, 0.4) is 0 Å². The molecule has 47 heavy (non-hydrogen) atoms. The van der Waals surface area contributed by atoms with Gasteiger partial charge in [-0.1, -0.05) is 18.7 Å². The summed E-state index contributed by atoms with van der Waals surface area (Å²) in [5, 5.41) is 10.6. The number of hydrogen-bond acceptors (Lipinski definition) is 11. The van der Waals surface area contributed by atoms with Crippen molar-refractivity contribution < 1.29 is 41.7 Å². The third-order valence-corrected chi connectivity index (χ3v) is 8.06. The number of furan rings is 1. The Balaban J connectivity index is 1.28. The van der Waals surface area contributed by atoms with Gasteiger partial charge in [-0.05, 0) is 29.8 Å². The first-order valence-corrected chi connectivity index (χ1v) is 14.6. The summed E-state index contributed by atoms with van der Waals surface area (Å²) in [7, 11) is 1.52. The summed E-state index contributed by atoms with van der Waals surface area (Å²) in [5.74, 6) is -2.33. The molecule has 0 bridgehead atoms. The number of rotatable bonds is 7. The van der Waals surface area contributed by atoms with Crippen molar-refractivity contribution in [3.8, 4) is 22.9 Å². The lowest BCUT2D eigenvalue weighted by molar-refractivity contribution is -0.144. The molecule has 6 heterocycles. The van der Waals surface area contributed by atoms with E-state index >= 15 is 0 Å². The van der Waals surface area contributed by atoms with Crippen LogP contribution < -0.4 is 19.3 Å². The second-order valence-corrected chi connectivity index (χ2v) is 11.0. The Bertz CT molecular complexity index is 2020. The van der Waals surface area contributed by atoms with Gasteiger partial charge in [0.05, 0.1) is 26.9 Å². The molecule has 5 aromatic rings. The summed E-state index contributed by atoms with van der Waals surface area (Å²) in [6.45, 7) is 5.17. The molecule has 242 valence electrons. The van der Waals surface area contributed by atoms with Crippen molar-refractivity contribution in [1.29, 1.82) is 0 Å². The Morgan fingerprint density at radius 1 is 1.13 bits per heavy atom. The van der Waals surface area contributed by atoms with Crippen LogP contribution in [0.2, 0.25) is 0 Å². The van der Waals surface area contributed by atoms with E-state index in [1.54, 1.807) is 48.8 Å². The average molecular weight is 649 g/mol. The van der Waals surface area contributed by atoms with Crippen LogP contribution >= 0.6 is 0 Å². The van der Waals surface area contributed by atoms with Gasteiger partial charge in [-0.3, -0.25) is 0 Å². The fourth-order valence-electron chi connectivity index (χ4n) is 5.86. The zero-order chi connectivity index (χ0) is 32.9. The number of para-hydroxylation sites is 1. The second kappa shape index (κ2) is 11.7. The van der Waals surface area contributed by atoms with Gasteiger partial charge in [0.2, 0.25) is 17.6 Å². The van der Waals surface area contributed by atoms with Crippen LogP contribution in [-0.2, 0) is 15.7 Å². The van der Waals surface area contributed by atoms with Crippen LogP contribution in [-0.4, -0.2) is 76.6 Å². The number of aromatic nitrogens is 4. The predicted octanol–water partition coefficient (Wildman–Crippen LogP) is 5.32. The zero-order valence-corrected chi connectivity index (χ0v) is 24.9. The fraction of sp³-hybridized carbons (Fsp3) is 0.281. The van der Waals surface area contributed by atoms with Crippen LogP contribution in [0.15, 0.2) is 71.6 Å². The van der Waals surface area contributed by atoms with Crippen molar-refractivity contribution in [2.45, 2.75) is 24.7 Å². The van der Waals surface area contributed by atoms with Gasteiger partial charge in [-0.25, -0.2) is 24.7 Å². The first kappa shape index (κ1) is 30.2. The third-order valence-electron chi connectivity index (χ3n) is 8.06. The number of methoxy groups -OCH3 is 1.